The minimum absolute atomic E-state index is 0.0153. The second-order valence-corrected chi connectivity index (χ2v) is 8.95. The Hall–Kier alpha value is -1.41. The molecule has 0 spiro atoms. The van der Waals surface area contributed by atoms with Gasteiger partial charge in [0.05, 0.1) is 11.6 Å². The Bertz CT molecular complexity index is 882. The minimum atomic E-state index is -3.56. The van der Waals surface area contributed by atoms with Crippen LogP contribution < -0.4 is 0 Å². The van der Waals surface area contributed by atoms with Crippen LogP contribution in [0.3, 0.4) is 0 Å². The Morgan fingerprint density at radius 2 is 1.96 bits per heavy atom. The zero-order valence-electron chi connectivity index (χ0n) is 14.0. The van der Waals surface area contributed by atoms with Gasteiger partial charge in [-0.1, -0.05) is 23.7 Å². The maximum absolute atomic E-state index is 13.1. The lowest BCUT2D eigenvalue weighted by atomic mass is 10.1. The van der Waals surface area contributed by atoms with Crippen LogP contribution in [0.15, 0.2) is 41.6 Å². The SMILES string of the molecule is Cn1ccnc1CN1CC[C@H]2[C@@H]1CCN2S(=O)(=O)c1ccccc1Cl. The molecule has 25 heavy (non-hydrogen) atoms. The first-order chi connectivity index (χ1) is 12.0. The van der Waals surface area contributed by atoms with Crippen molar-refractivity contribution >= 4 is 21.6 Å². The van der Waals surface area contributed by atoms with Crippen LogP contribution in [0.5, 0.6) is 0 Å². The highest BCUT2D eigenvalue weighted by Gasteiger charge is 2.47. The Labute approximate surface area is 153 Å². The predicted molar refractivity (Wildman–Crippen MR) is 95.8 cm³/mol. The van der Waals surface area contributed by atoms with Crippen LogP contribution in [0.1, 0.15) is 18.7 Å². The average molecular weight is 381 g/mol. The number of halogens is 1. The standard InChI is InChI=1S/C17H21ClN4O2S/c1-20-11-8-19-17(20)12-21-9-6-15-14(21)7-10-22(15)25(23,24)16-5-3-2-4-13(16)18/h2-5,8,11,14-15H,6-7,9-10,12H2,1H3/t14-,15-/m0/s1. The van der Waals surface area contributed by atoms with Crippen molar-refractivity contribution in [1.82, 2.24) is 18.8 Å². The van der Waals surface area contributed by atoms with E-state index in [2.05, 4.69) is 9.88 Å². The van der Waals surface area contributed by atoms with Crippen molar-refractivity contribution in [2.24, 2.45) is 7.05 Å². The highest BCUT2D eigenvalue weighted by Crippen LogP contribution is 2.37. The number of nitrogens with zero attached hydrogens (tertiary/aromatic N) is 4. The van der Waals surface area contributed by atoms with Gasteiger partial charge in [0, 0.05) is 44.6 Å². The van der Waals surface area contributed by atoms with E-state index in [1.54, 1.807) is 34.8 Å². The average Bonchev–Trinajstić information content (AvgIpc) is 3.26. The van der Waals surface area contributed by atoms with Crippen LogP contribution in [-0.2, 0) is 23.6 Å². The first-order valence-electron chi connectivity index (χ1n) is 8.45. The second kappa shape index (κ2) is 6.39. The number of likely N-dealkylation sites (tertiary alicyclic amines) is 1. The van der Waals surface area contributed by atoms with E-state index in [1.807, 2.05) is 17.8 Å². The topological polar surface area (TPSA) is 58.4 Å². The van der Waals surface area contributed by atoms with Crippen LogP contribution in [0.4, 0.5) is 0 Å². The van der Waals surface area contributed by atoms with E-state index in [9.17, 15) is 8.42 Å². The predicted octanol–water partition coefficient (Wildman–Crippen LogP) is 2.11. The van der Waals surface area contributed by atoms with E-state index in [1.165, 1.54) is 0 Å². The quantitative estimate of drug-likeness (QED) is 0.815. The molecule has 1 aromatic heterocycles. The van der Waals surface area contributed by atoms with Gasteiger partial charge in [-0.2, -0.15) is 4.31 Å². The maximum atomic E-state index is 13.1. The van der Waals surface area contributed by atoms with Crippen LogP contribution >= 0.6 is 11.6 Å². The second-order valence-electron chi connectivity index (χ2n) is 6.68. The molecule has 0 amide bonds. The monoisotopic (exact) mass is 380 g/mol. The summed E-state index contributed by atoms with van der Waals surface area (Å²) in [5.74, 6) is 1.01. The number of hydrogen-bond donors (Lipinski definition) is 0. The molecule has 0 aliphatic carbocycles. The van der Waals surface area contributed by atoms with Crippen LogP contribution in [0.25, 0.3) is 0 Å². The van der Waals surface area contributed by atoms with Gasteiger partial charge >= 0.3 is 0 Å². The Kier molecular flexibility index (Phi) is 4.35. The molecule has 0 radical (unpaired) electrons. The van der Waals surface area contributed by atoms with E-state index >= 15 is 0 Å². The molecule has 0 N–H and O–H groups in total. The molecule has 0 bridgehead atoms. The Morgan fingerprint density at radius 1 is 1.20 bits per heavy atom. The summed E-state index contributed by atoms with van der Waals surface area (Å²) in [6.07, 6.45) is 5.43. The molecule has 1 aromatic carbocycles. The molecule has 2 aliphatic heterocycles. The number of benzene rings is 1. The number of imidazole rings is 1. The van der Waals surface area contributed by atoms with Gasteiger partial charge < -0.3 is 4.57 Å². The molecule has 0 unspecified atom stereocenters. The fourth-order valence-electron chi connectivity index (χ4n) is 4.04. The maximum Gasteiger partial charge on any atom is 0.244 e. The number of aromatic nitrogens is 2. The minimum Gasteiger partial charge on any atom is -0.337 e. The van der Waals surface area contributed by atoms with Crippen molar-refractivity contribution in [2.45, 2.75) is 36.4 Å². The van der Waals surface area contributed by atoms with E-state index in [0.717, 1.165) is 31.8 Å². The Balaban J connectivity index is 1.56. The van der Waals surface area contributed by atoms with Crippen molar-refractivity contribution in [3.63, 3.8) is 0 Å². The van der Waals surface area contributed by atoms with Gasteiger partial charge in [-0.05, 0) is 25.0 Å². The summed E-state index contributed by atoms with van der Waals surface area (Å²) in [6, 6.07) is 6.94. The van der Waals surface area contributed by atoms with Crippen molar-refractivity contribution in [2.75, 3.05) is 13.1 Å². The summed E-state index contributed by atoms with van der Waals surface area (Å²) in [5.41, 5.74) is 0. The summed E-state index contributed by atoms with van der Waals surface area (Å²) in [7, 11) is -1.58. The lowest BCUT2D eigenvalue weighted by Crippen LogP contribution is -2.39. The Morgan fingerprint density at radius 3 is 2.68 bits per heavy atom. The number of fused-ring (bicyclic) bond motifs is 1. The molecule has 4 rings (SSSR count). The van der Waals surface area contributed by atoms with E-state index in [4.69, 9.17) is 11.6 Å². The largest absolute Gasteiger partial charge is 0.337 e. The molecule has 2 aromatic rings. The third kappa shape index (κ3) is 2.89. The van der Waals surface area contributed by atoms with Crippen LogP contribution in [0.2, 0.25) is 5.02 Å². The summed E-state index contributed by atoms with van der Waals surface area (Å²) >= 11 is 6.14. The number of aryl methyl sites for hydroxylation is 1. The molecule has 6 nitrogen and oxygen atoms in total. The molecule has 2 saturated heterocycles. The summed E-state index contributed by atoms with van der Waals surface area (Å²) in [4.78, 5) is 6.96. The number of rotatable bonds is 4. The lowest BCUT2D eigenvalue weighted by Gasteiger charge is -2.25. The number of sulfonamides is 1. The smallest absolute Gasteiger partial charge is 0.244 e. The molecular weight excluding hydrogens is 360 g/mol. The van der Waals surface area contributed by atoms with Gasteiger partial charge in [-0.3, -0.25) is 4.90 Å². The van der Waals surface area contributed by atoms with Gasteiger partial charge in [0.1, 0.15) is 10.7 Å². The van der Waals surface area contributed by atoms with Gasteiger partial charge in [0.2, 0.25) is 10.0 Å². The normalized spacial score (nSPS) is 24.7. The summed E-state index contributed by atoms with van der Waals surface area (Å²) in [5, 5.41) is 0.286. The first kappa shape index (κ1) is 17.0. The van der Waals surface area contributed by atoms with Crippen molar-refractivity contribution in [1.29, 1.82) is 0 Å². The molecule has 2 fully saturated rings. The van der Waals surface area contributed by atoms with E-state index in [-0.39, 0.29) is 22.0 Å². The summed E-state index contributed by atoms with van der Waals surface area (Å²) < 4.78 is 29.8. The van der Waals surface area contributed by atoms with Crippen LogP contribution in [0, 0.1) is 0 Å². The highest BCUT2D eigenvalue weighted by molar-refractivity contribution is 7.89. The third-order valence-electron chi connectivity index (χ3n) is 5.33. The molecule has 2 aliphatic rings. The lowest BCUT2D eigenvalue weighted by molar-refractivity contribution is 0.232. The third-order valence-corrected chi connectivity index (χ3v) is 7.75. The van der Waals surface area contributed by atoms with Crippen molar-refractivity contribution in [3.05, 3.63) is 47.5 Å². The van der Waals surface area contributed by atoms with Gasteiger partial charge in [0.25, 0.3) is 0 Å². The van der Waals surface area contributed by atoms with E-state index < -0.39 is 10.0 Å². The van der Waals surface area contributed by atoms with Crippen molar-refractivity contribution < 1.29 is 8.42 Å². The van der Waals surface area contributed by atoms with Gasteiger partial charge in [-0.15, -0.1) is 0 Å². The molecule has 0 saturated carbocycles. The van der Waals surface area contributed by atoms with Gasteiger partial charge in [0.15, 0.2) is 0 Å². The fourth-order valence-corrected chi connectivity index (χ4v) is 6.24. The molecule has 134 valence electrons. The fraction of sp³-hybridized carbons (Fsp3) is 0.471. The molecule has 2 atom stereocenters. The van der Waals surface area contributed by atoms with E-state index in [0.29, 0.717) is 6.54 Å². The molecule has 3 heterocycles. The molecule has 8 heteroatoms. The number of hydrogen-bond acceptors (Lipinski definition) is 4. The zero-order valence-corrected chi connectivity index (χ0v) is 15.6. The molecular formula is C17H21ClN4O2S. The zero-order chi connectivity index (χ0) is 17.6. The first-order valence-corrected chi connectivity index (χ1v) is 10.3. The highest BCUT2D eigenvalue weighted by atomic mass is 35.5. The van der Waals surface area contributed by atoms with Gasteiger partial charge in [-0.25, -0.2) is 13.4 Å². The summed E-state index contributed by atoms with van der Waals surface area (Å²) in [6.45, 7) is 2.18. The van der Waals surface area contributed by atoms with Crippen molar-refractivity contribution in [3.8, 4) is 0 Å². The van der Waals surface area contributed by atoms with Crippen LogP contribution in [-0.4, -0.2) is 52.3 Å².